The summed E-state index contributed by atoms with van der Waals surface area (Å²) in [5.41, 5.74) is 0. The van der Waals surface area contributed by atoms with Crippen LogP contribution < -0.4 is 0 Å². The second-order valence-corrected chi connectivity index (χ2v) is 4.02. The van der Waals surface area contributed by atoms with Crippen molar-refractivity contribution < 1.29 is 0 Å². The predicted molar refractivity (Wildman–Crippen MR) is 49.6 cm³/mol. The van der Waals surface area contributed by atoms with E-state index in [-0.39, 0.29) is 0 Å². The Labute approximate surface area is 61.2 Å². The van der Waals surface area contributed by atoms with Gasteiger partial charge in [-0.15, -0.1) is 0 Å². The van der Waals surface area contributed by atoms with E-state index in [2.05, 4.69) is 29.5 Å². The van der Waals surface area contributed by atoms with E-state index < -0.39 is 0 Å². The summed E-state index contributed by atoms with van der Waals surface area (Å²) < 4.78 is 0. The van der Waals surface area contributed by atoms with Crippen molar-refractivity contribution in [3.05, 3.63) is 0 Å². The average molecular weight is 124 g/mol. The Morgan fingerprint density at radius 1 is 1.22 bits per heavy atom. The molecule has 0 aromatic carbocycles. The van der Waals surface area contributed by atoms with Crippen LogP contribution in [0.3, 0.4) is 0 Å². The highest BCUT2D eigenvalue weighted by molar-refractivity contribution is 6.39. The molecule has 9 heavy (non-hydrogen) atoms. The molecule has 52 valence electrons. The molecule has 0 nitrogen and oxygen atoms in total. The van der Waals surface area contributed by atoms with Crippen LogP contribution in [0.5, 0.6) is 0 Å². The van der Waals surface area contributed by atoms with E-state index in [1.54, 1.807) is 0 Å². The van der Waals surface area contributed by atoms with Gasteiger partial charge in [-0.05, 0) is 0 Å². The fraction of sp³-hybridized carbons (Fsp3) is 1.00. The minimum atomic E-state index is 0.551. The van der Waals surface area contributed by atoms with E-state index in [1.165, 1.54) is 25.7 Å². The molecule has 0 aliphatic heterocycles. The van der Waals surface area contributed by atoms with Crippen molar-refractivity contribution in [1.82, 2.24) is 0 Å². The number of unbranched alkanes of at least 4 members (excludes halogenated alkanes) is 2. The van der Waals surface area contributed by atoms with Crippen molar-refractivity contribution in [2.24, 2.45) is 0 Å². The normalized spacial score (nSPS) is 11.8. The molecule has 0 rings (SSSR count). The van der Waals surface area contributed by atoms with Crippen LogP contribution in [0.25, 0.3) is 0 Å². The Bertz CT molecular complexity index is 63.8. The van der Waals surface area contributed by atoms with Crippen LogP contribution >= 0.6 is 0 Å². The molecule has 0 aliphatic carbocycles. The SMILES string of the molecule is BC(B)(C)CCCCC. The summed E-state index contributed by atoms with van der Waals surface area (Å²) in [6, 6.07) is 0. The Kier molecular flexibility index (Phi) is 4.09. The summed E-state index contributed by atoms with van der Waals surface area (Å²) in [6.07, 6.45) is 5.52. The van der Waals surface area contributed by atoms with E-state index >= 15 is 0 Å². The monoisotopic (exact) mass is 124 g/mol. The average Bonchev–Trinajstić information content (AvgIpc) is 1.63. The van der Waals surface area contributed by atoms with Gasteiger partial charge in [0.1, 0.15) is 0 Å². The van der Waals surface area contributed by atoms with Gasteiger partial charge in [-0.1, -0.05) is 44.7 Å². The van der Waals surface area contributed by atoms with E-state index in [4.69, 9.17) is 0 Å². The maximum Gasteiger partial charge on any atom is 0.0988 e. The van der Waals surface area contributed by atoms with E-state index in [0.29, 0.717) is 5.21 Å². The lowest BCUT2D eigenvalue weighted by atomic mass is 9.54. The smallest absolute Gasteiger partial charge is 0.0872 e. The molecule has 0 saturated heterocycles. The Hall–Kier alpha value is 0.130. The van der Waals surface area contributed by atoms with Crippen LogP contribution in [0, 0.1) is 0 Å². The summed E-state index contributed by atoms with van der Waals surface area (Å²) in [4.78, 5) is 0. The number of hydrogen-bond donors (Lipinski definition) is 0. The van der Waals surface area contributed by atoms with Gasteiger partial charge in [0.05, 0.1) is 15.7 Å². The molecule has 0 atom stereocenters. The molecule has 0 heterocycles. The Balaban J connectivity index is 3.07. The molecule has 0 bridgehead atoms. The zero-order valence-corrected chi connectivity index (χ0v) is 7.33. The van der Waals surface area contributed by atoms with Gasteiger partial charge < -0.3 is 0 Å². The van der Waals surface area contributed by atoms with Crippen molar-refractivity contribution in [2.75, 3.05) is 0 Å². The Morgan fingerprint density at radius 3 is 2.11 bits per heavy atom. The first-order valence-corrected chi connectivity index (χ1v) is 4.06. The summed E-state index contributed by atoms with van der Waals surface area (Å²) >= 11 is 0. The van der Waals surface area contributed by atoms with Gasteiger partial charge in [0.2, 0.25) is 0 Å². The molecule has 0 aromatic rings. The number of rotatable bonds is 4. The van der Waals surface area contributed by atoms with Crippen molar-refractivity contribution in [1.29, 1.82) is 0 Å². The minimum Gasteiger partial charge on any atom is -0.0872 e. The second kappa shape index (κ2) is 4.03. The molecule has 0 unspecified atom stereocenters. The van der Waals surface area contributed by atoms with E-state index in [9.17, 15) is 0 Å². The first-order chi connectivity index (χ1) is 4.06. The highest BCUT2D eigenvalue weighted by Gasteiger charge is 2.08. The first-order valence-electron chi connectivity index (χ1n) is 4.06. The van der Waals surface area contributed by atoms with Crippen molar-refractivity contribution in [3.63, 3.8) is 0 Å². The molecule has 0 amide bonds. The summed E-state index contributed by atoms with van der Waals surface area (Å²) in [5, 5.41) is 0.551. The lowest BCUT2D eigenvalue weighted by Gasteiger charge is -2.16. The van der Waals surface area contributed by atoms with E-state index in [0.717, 1.165) is 0 Å². The van der Waals surface area contributed by atoms with Gasteiger partial charge in [0.15, 0.2) is 0 Å². The summed E-state index contributed by atoms with van der Waals surface area (Å²) in [6.45, 7) is 4.56. The highest BCUT2D eigenvalue weighted by atomic mass is 14.0. The Morgan fingerprint density at radius 2 is 1.78 bits per heavy atom. The van der Waals surface area contributed by atoms with Gasteiger partial charge in [-0.2, -0.15) is 0 Å². The molecule has 0 spiro atoms. The van der Waals surface area contributed by atoms with Gasteiger partial charge in [0.25, 0.3) is 0 Å². The summed E-state index contributed by atoms with van der Waals surface area (Å²) in [5.74, 6) is 0. The van der Waals surface area contributed by atoms with Gasteiger partial charge in [0, 0.05) is 0 Å². The van der Waals surface area contributed by atoms with Gasteiger partial charge in [-0.25, -0.2) is 0 Å². The molecule has 0 aromatic heterocycles. The third-order valence-electron chi connectivity index (χ3n) is 1.53. The molecular weight excluding hydrogens is 106 g/mol. The standard InChI is InChI=1S/C7H18B2/c1-3-4-5-6-7(2,8)9/h3-6,8-9H2,1-2H3. The van der Waals surface area contributed by atoms with Crippen LogP contribution in [0.1, 0.15) is 39.5 Å². The van der Waals surface area contributed by atoms with Gasteiger partial charge >= 0.3 is 0 Å². The molecule has 0 N–H and O–H groups in total. The van der Waals surface area contributed by atoms with Crippen molar-refractivity contribution >= 4 is 15.7 Å². The largest absolute Gasteiger partial charge is 0.0988 e. The molecular formula is C7H18B2. The quantitative estimate of drug-likeness (QED) is 0.386. The van der Waals surface area contributed by atoms with Crippen LogP contribution in [-0.2, 0) is 0 Å². The van der Waals surface area contributed by atoms with E-state index in [1.807, 2.05) is 0 Å². The lowest BCUT2D eigenvalue weighted by Crippen LogP contribution is -2.06. The van der Waals surface area contributed by atoms with Crippen LogP contribution in [-0.4, -0.2) is 15.7 Å². The third kappa shape index (κ3) is 8.13. The maximum atomic E-state index is 2.31. The molecule has 0 radical (unpaired) electrons. The van der Waals surface area contributed by atoms with Crippen LogP contribution in [0.2, 0.25) is 5.21 Å². The van der Waals surface area contributed by atoms with Crippen LogP contribution in [0.4, 0.5) is 0 Å². The van der Waals surface area contributed by atoms with Crippen molar-refractivity contribution in [3.8, 4) is 0 Å². The molecule has 2 heteroatoms. The third-order valence-corrected chi connectivity index (χ3v) is 1.53. The zero-order chi connectivity index (χ0) is 7.33. The van der Waals surface area contributed by atoms with Gasteiger partial charge in [-0.3, -0.25) is 0 Å². The van der Waals surface area contributed by atoms with Crippen molar-refractivity contribution in [2.45, 2.75) is 44.7 Å². The molecule has 0 saturated carbocycles. The highest BCUT2D eigenvalue weighted by Crippen LogP contribution is 2.22. The predicted octanol–water partition coefficient (Wildman–Crippen LogP) is 0.969. The first kappa shape index (κ1) is 9.13. The fourth-order valence-electron chi connectivity index (χ4n) is 0.905. The lowest BCUT2D eigenvalue weighted by molar-refractivity contribution is 0.626. The minimum absolute atomic E-state index is 0.551. The van der Waals surface area contributed by atoms with Crippen LogP contribution in [0.15, 0.2) is 0 Å². The fourth-order valence-corrected chi connectivity index (χ4v) is 0.905. The maximum absolute atomic E-state index is 2.31. The zero-order valence-electron chi connectivity index (χ0n) is 7.33. The summed E-state index contributed by atoms with van der Waals surface area (Å²) in [7, 11) is 4.62. The second-order valence-electron chi connectivity index (χ2n) is 4.02. The molecule has 0 fully saturated rings. The topological polar surface area (TPSA) is 0 Å². The number of hydrogen-bond acceptors (Lipinski definition) is 0. The molecule has 0 aliphatic rings.